The predicted octanol–water partition coefficient (Wildman–Crippen LogP) is 2.79. The van der Waals surface area contributed by atoms with Crippen molar-refractivity contribution >= 4 is 44.8 Å². The summed E-state index contributed by atoms with van der Waals surface area (Å²) in [7, 11) is -3.81. The van der Waals surface area contributed by atoms with Gasteiger partial charge >= 0.3 is 0 Å². The minimum absolute atomic E-state index is 0.00985. The number of rotatable bonds is 3. The molecule has 1 aromatic rings. The molecule has 0 bridgehead atoms. The van der Waals surface area contributed by atoms with Crippen LogP contribution in [0.2, 0.25) is 15.1 Å². The first-order valence-corrected chi connectivity index (χ1v) is 8.68. The Balaban J connectivity index is 1.90. The first-order chi connectivity index (χ1) is 9.24. The summed E-state index contributed by atoms with van der Waals surface area (Å²) >= 11 is 17.7. The second kappa shape index (κ2) is 4.73. The molecule has 0 atom stereocenters. The highest BCUT2D eigenvalue weighted by molar-refractivity contribution is 7.89. The molecular weight excluding hydrogens is 345 g/mol. The highest BCUT2D eigenvalue weighted by atomic mass is 35.5. The summed E-state index contributed by atoms with van der Waals surface area (Å²) in [5.41, 5.74) is -0.890. The summed E-state index contributed by atoms with van der Waals surface area (Å²) in [6.45, 7) is 0.185. The summed E-state index contributed by atoms with van der Waals surface area (Å²) in [4.78, 5) is -0.150. The third kappa shape index (κ3) is 2.34. The van der Waals surface area contributed by atoms with Crippen LogP contribution in [0.1, 0.15) is 12.8 Å². The van der Waals surface area contributed by atoms with Crippen LogP contribution >= 0.6 is 34.8 Å². The zero-order valence-corrected chi connectivity index (χ0v) is 13.4. The summed E-state index contributed by atoms with van der Waals surface area (Å²) < 4.78 is 26.2. The Morgan fingerprint density at radius 2 is 1.65 bits per heavy atom. The van der Waals surface area contributed by atoms with Crippen LogP contribution in [0.15, 0.2) is 17.0 Å². The van der Waals surface area contributed by atoms with Crippen LogP contribution in [0.25, 0.3) is 0 Å². The lowest BCUT2D eigenvalue weighted by Crippen LogP contribution is -2.64. The molecule has 3 rings (SSSR count). The van der Waals surface area contributed by atoms with Crippen molar-refractivity contribution in [3.63, 3.8) is 0 Å². The van der Waals surface area contributed by atoms with Crippen LogP contribution in [0.4, 0.5) is 0 Å². The number of sulfonamides is 1. The van der Waals surface area contributed by atoms with Crippen LogP contribution in [0.5, 0.6) is 0 Å². The molecule has 1 heterocycles. The minimum atomic E-state index is -3.81. The average molecular weight is 357 g/mol. The molecule has 1 saturated heterocycles. The topological polar surface area (TPSA) is 57.6 Å². The number of halogens is 3. The van der Waals surface area contributed by atoms with Crippen molar-refractivity contribution in [1.29, 1.82) is 0 Å². The molecule has 8 heteroatoms. The molecule has 1 N–H and O–H groups in total. The second-order valence-electron chi connectivity index (χ2n) is 5.35. The fraction of sp³-hybridized carbons (Fsp3) is 0.500. The molecule has 0 aromatic heterocycles. The van der Waals surface area contributed by atoms with Crippen molar-refractivity contribution < 1.29 is 13.5 Å². The van der Waals surface area contributed by atoms with Gasteiger partial charge in [-0.05, 0) is 30.9 Å². The number of benzene rings is 1. The Hall–Kier alpha value is -0.0400. The van der Waals surface area contributed by atoms with Crippen LogP contribution in [-0.2, 0) is 10.0 Å². The van der Waals surface area contributed by atoms with Crippen molar-refractivity contribution in [2.45, 2.75) is 23.3 Å². The third-order valence-electron chi connectivity index (χ3n) is 3.80. The Morgan fingerprint density at radius 1 is 1.15 bits per heavy atom. The van der Waals surface area contributed by atoms with Crippen molar-refractivity contribution in [1.82, 2.24) is 4.31 Å². The summed E-state index contributed by atoms with van der Waals surface area (Å²) in [5.74, 6) is 0.213. The largest absolute Gasteiger partial charge is 0.387 e. The Kier molecular flexibility index (Phi) is 3.52. The molecule has 0 amide bonds. The number of hydrogen-bond acceptors (Lipinski definition) is 3. The maximum atomic E-state index is 12.5. The molecule has 1 aliphatic heterocycles. The van der Waals surface area contributed by atoms with Crippen molar-refractivity contribution in [3.05, 3.63) is 27.2 Å². The Morgan fingerprint density at radius 3 is 2.10 bits per heavy atom. The number of aliphatic hydroxyl groups is 1. The maximum absolute atomic E-state index is 12.5. The van der Waals surface area contributed by atoms with Gasteiger partial charge in [0.25, 0.3) is 0 Å². The van der Waals surface area contributed by atoms with Gasteiger partial charge in [-0.2, -0.15) is 4.31 Å². The van der Waals surface area contributed by atoms with Gasteiger partial charge in [0.2, 0.25) is 10.0 Å². The van der Waals surface area contributed by atoms with Crippen molar-refractivity contribution in [2.75, 3.05) is 13.1 Å². The standard InChI is InChI=1S/C12H12Cl3NO3S/c13-8-3-9(14)11(10(15)4-8)20(18,19)16-5-12(17,6-16)7-1-2-7/h3-4,7,17H,1-2,5-6H2. The van der Waals surface area contributed by atoms with Gasteiger partial charge in [0, 0.05) is 18.1 Å². The van der Waals surface area contributed by atoms with E-state index >= 15 is 0 Å². The number of nitrogens with zero attached hydrogens (tertiary/aromatic N) is 1. The molecule has 2 aliphatic rings. The summed E-state index contributed by atoms with van der Waals surface area (Å²) in [5, 5.41) is 10.5. The molecule has 1 aliphatic carbocycles. The van der Waals surface area contributed by atoms with Crippen LogP contribution in [0.3, 0.4) is 0 Å². The van der Waals surface area contributed by atoms with E-state index in [2.05, 4.69) is 0 Å². The van der Waals surface area contributed by atoms with Gasteiger partial charge in [-0.25, -0.2) is 8.42 Å². The van der Waals surface area contributed by atoms with Crippen molar-refractivity contribution in [2.24, 2.45) is 5.92 Å². The quantitative estimate of drug-likeness (QED) is 0.906. The van der Waals surface area contributed by atoms with E-state index in [0.29, 0.717) is 0 Å². The Bertz CT molecular complexity index is 644. The normalized spacial score (nSPS) is 22.6. The predicted molar refractivity (Wildman–Crippen MR) is 77.9 cm³/mol. The van der Waals surface area contributed by atoms with E-state index in [9.17, 15) is 13.5 Å². The average Bonchev–Trinajstić information content (AvgIpc) is 3.06. The fourth-order valence-corrected chi connectivity index (χ4v) is 5.58. The number of hydrogen-bond donors (Lipinski definition) is 1. The van der Waals surface area contributed by atoms with E-state index in [4.69, 9.17) is 34.8 Å². The zero-order valence-electron chi connectivity index (χ0n) is 10.3. The first-order valence-electron chi connectivity index (χ1n) is 6.11. The van der Waals surface area contributed by atoms with E-state index in [1.165, 1.54) is 16.4 Å². The summed E-state index contributed by atoms with van der Waals surface area (Å²) in [6, 6.07) is 2.68. The molecule has 1 saturated carbocycles. The van der Waals surface area contributed by atoms with Gasteiger partial charge in [-0.1, -0.05) is 34.8 Å². The highest BCUT2D eigenvalue weighted by Gasteiger charge is 2.55. The van der Waals surface area contributed by atoms with E-state index < -0.39 is 15.6 Å². The highest BCUT2D eigenvalue weighted by Crippen LogP contribution is 2.47. The molecule has 4 nitrogen and oxygen atoms in total. The van der Waals surface area contributed by atoms with Gasteiger partial charge in [0.1, 0.15) is 4.90 Å². The molecule has 0 spiro atoms. The smallest absolute Gasteiger partial charge is 0.246 e. The zero-order chi connectivity index (χ0) is 14.7. The fourth-order valence-electron chi connectivity index (χ4n) is 2.52. The Labute approximate surface area is 132 Å². The second-order valence-corrected chi connectivity index (χ2v) is 8.48. The molecular formula is C12H12Cl3NO3S. The SMILES string of the molecule is O=S(=O)(c1c(Cl)cc(Cl)cc1Cl)N1CC(O)(C2CC2)C1. The van der Waals surface area contributed by atoms with Crippen LogP contribution < -0.4 is 0 Å². The number of β-amino-alcohol motifs (C(OH)–C–C–N with tert-alkyl or cyclic N) is 1. The van der Waals surface area contributed by atoms with Gasteiger partial charge in [0.15, 0.2) is 0 Å². The lowest BCUT2D eigenvalue weighted by Gasteiger charge is -2.45. The van der Waals surface area contributed by atoms with Crippen LogP contribution in [-0.4, -0.2) is 36.5 Å². The molecule has 2 fully saturated rings. The summed E-state index contributed by atoms with van der Waals surface area (Å²) in [6.07, 6.45) is 1.90. The van der Waals surface area contributed by atoms with Crippen LogP contribution in [0, 0.1) is 5.92 Å². The third-order valence-corrected chi connectivity index (χ3v) is 6.73. The molecule has 0 radical (unpaired) electrons. The van der Waals surface area contributed by atoms with E-state index in [1.807, 2.05) is 0 Å². The lowest BCUT2D eigenvalue weighted by atomic mass is 9.91. The van der Waals surface area contributed by atoms with Gasteiger partial charge in [0.05, 0.1) is 15.6 Å². The molecule has 1 aromatic carbocycles. The lowest BCUT2D eigenvalue weighted by molar-refractivity contribution is -0.0764. The van der Waals surface area contributed by atoms with Gasteiger partial charge in [-0.3, -0.25) is 0 Å². The van der Waals surface area contributed by atoms with E-state index in [-0.39, 0.29) is 39.0 Å². The minimum Gasteiger partial charge on any atom is -0.387 e. The van der Waals surface area contributed by atoms with Gasteiger partial charge < -0.3 is 5.11 Å². The van der Waals surface area contributed by atoms with E-state index in [1.54, 1.807) is 0 Å². The van der Waals surface area contributed by atoms with Gasteiger partial charge in [-0.15, -0.1) is 0 Å². The molecule has 0 unspecified atom stereocenters. The molecule has 20 heavy (non-hydrogen) atoms. The maximum Gasteiger partial charge on any atom is 0.246 e. The van der Waals surface area contributed by atoms with E-state index in [0.717, 1.165) is 12.8 Å². The molecule has 110 valence electrons. The first kappa shape index (κ1) is 14.9. The van der Waals surface area contributed by atoms with Crippen molar-refractivity contribution in [3.8, 4) is 0 Å². The monoisotopic (exact) mass is 355 g/mol.